The number of halogens is 1. The summed E-state index contributed by atoms with van der Waals surface area (Å²) in [6, 6.07) is 8.44. The lowest BCUT2D eigenvalue weighted by Crippen LogP contribution is -2.29. The van der Waals surface area contributed by atoms with Gasteiger partial charge < -0.3 is 5.32 Å². The first-order valence-corrected chi connectivity index (χ1v) is 7.25. The second-order valence-electron chi connectivity index (χ2n) is 4.18. The summed E-state index contributed by atoms with van der Waals surface area (Å²) >= 11 is 7.80. The normalized spacial score (nSPS) is 12.2. The fourth-order valence-electron chi connectivity index (χ4n) is 1.57. The highest BCUT2D eigenvalue weighted by Crippen LogP contribution is 2.22. The maximum atomic E-state index is 5.96. The zero-order chi connectivity index (χ0) is 12.7. The third-order valence-electron chi connectivity index (χ3n) is 2.23. The van der Waals surface area contributed by atoms with Gasteiger partial charge in [0, 0.05) is 21.7 Å². The van der Waals surface area contributed by atoms with E-state index in [0.717, 1.165) is 17.3 Å². The molecule has 0 saturated carbocycles. The van der Waals surface area contributed by atoms with Crippen molar-refractivity contribution in [2.75, 3.05) is 12.3 Å². The minimum absolute atomic E-state index is 0.425. The topological polar surface area (TPSA) is 12.0 Å². The second kappa shape index (κ2) is 7.80. The molecule has 1 aromatic rings. The van der Waals surface area contributed by atoms with E-state index in [1.807, 2.05) is 30.0 Å². The van der Waals surface area contributed by atoms with Crippen molar-refractivity contribution in [1.29, 1.82) is 0 Å². The first-order chi connectivity index (χ1) is 8.11. The average Bonchev–Trinajstić information content (AvgIpc) is 2.26. The highest BCUT2D eigenvalue weighted by atomic mass is 35.5. The highest BCUT2D eigenvalue weighted by Gasteiger charge is 2.04. The smallest absolute Gasteiger partial charge is 0.0417 e. The minimum Gasteiger partial charge on any atom is -0.310 e. The molecule has 0 spiro atoms. The average molecular weight is 270 g/mol. The van der Waals surface area contributed by atoms with Crippen molar-refractivity contribution < 1.29 is 0 Å². The number of thioether (sulfide) groups is 1. The van der Waals surface area contributed by atoms with Gasteiger partial charge in [-0.25, -0.2) is 0 Å². The third-order valence-corrected chi connectivity index (χ3v) is 3.57. The number of allylic oxidation sites excluding steroid dienone is 1. The van der Waals surface area contributed by atoms with E-state index in [1.54, 1.807) is 0 Å². The second-order valence-corrected chi connectivity index (χ2v) is 5.71. The lowest BCUT2D eigenvalue weighted by atomic mass is 10.2. The van der Waals surface area contributed by atoms with E-state index in [4.69, 9.17) is 11.6 Å². The van der Waals surface area contributed by atoms with Gasteiger partial charge in [0.2, 0.25) is 0 Å². The molecule has 0 aliphatic rings. The number of benzene rings is 1. The molecule has 0 aliphatic heterocycles. The quantitative estimate of drug-likeness (QED) is 0.608. The van der Waals surface area contributed by atoms with Gasteiger partial charge in [0.15, 0.2) is 0 Å². The molecule has 0 fully saturated rings. The highest BCUT2D eigenvalue weighted by molar-refractivity contribution is 7.99. The number of rotatable bonds is 6. The molecule has 0 aliphatic carbocycles. The van der Waals surface area contributed by atoms with Gasteiger partial charge in [0.1, 0.15) is 0 Å². The van der Waals surface area contributed by atoms with Crippen molar-refractivity contribution in [2.45, 2.75) is 31.7 Å². The minimum atomic E-state index is 0.425. The van der Waals surface area contributed by atoms with Crippen LogP contribution in [-0.4, -0.2) is 18.3 Å². The maximum absolute atomic E-state index is 5.96. The van der Waals surface area contributed by atoms with Crippen molar-refractivity contribution in [3.8, 4) is 0 Å². The summed E-state index contributed by atoms with van der Waals surface area (Å²) in [4.78, 5) is 1.22. The van der Waals surface area contributed by atoms with E-state index in [2.05, 4.69) is 38.2 Å². The van der Waals surface area contributed by atoms with Crippen LogP contribution in [0.1, 0.15) is 20.8 Å². The molecule has 3 heteroatoms. The predicted octanol–water partition coefficient (Wildman–Crippen LogP) is 4.38. The molecular formula is C14H20ClNS. The number of hydrogen-bond donors (Lipinski definition) is 1. The van der Waals surface area contributed by atoms with Gasteiger partial charge >= 0.3 is 0 Å². The van der Waals surface area contributed by atoms with Crippen LogP contribution in [0.15, 0.2) is 40.8 Å². The van der Waals surface area contributed by atoms with Crippen molar-refractivity contribution in [1.82, 2.24) is 5.32 Å². The molecule has 17 heavy (non-hydrogen) atoms. The summed E-state index contributed by atoms with van der Waals surface area (Å²) < 4.78 is 0. The Bertz CT molecular complexity index is 372. The van der Waals surface area contributed by atoms with Gasteiger partial charge in [-0.2, -0.15) is 0 Å². The zero-order valence-electron chi connectivity index (χ0n) is 10.7. The summed E-state index contributed by atoms with van der Waals surface area (Å²) in [7, 11) is 0. The van der Waals surface area contributed by atoms with Crippen LogP contribution in [0.5, 0.6) is 0 Å². The Morgan fingerprint density at radius 2 is 2.24 bits per heavy atom. The molecule has 0 bridgehead atoms. The van der Waals surface area contributed by atoms with E-state index in [9.17, 15) is 0 Å². The molecule has 1 atom stereocenters. The molecule has 0 heterocycles. The van der Waals surface area contributed by atoms with Crippen LogP contribution in [0, 0.1) is 0 Å². The van der Waals surface area contributed by atoms with Crippen LogP contribution in [-0.2, 0) is 0 Å². The SMILES string of the molecule is CCNC(C=C(C)C)CSc1cccc(Cl)c1. The molecule has 0 amide bonds. The van der Waals surface area contributed by atoms with Gasteiger partial charge in [0.05, 0.1) is 0 Å². The van der Waals surface area contributed by atoms with Gasteiger partial charge in [-0.15, -0.1) is 11.8 Å². The lowest BCUT2D eigenvalue weighted by molar-refractivity contribution is 0.665. The Balaban J connectivity index is 2.54. The van der Waals surface area contributed by atoms with Crippen LogP contribution in [0.3, 0.4) is 0 Å². The summed E-state index contributed by atoms with van der Waals surface area (Å²) in [6.07, 6.45) is 2.28. The Morgan fingerprint density at radius 3 is 2.82 bits per heavy atom. The van der Waals surface area contributed by atoms with Crippen molar-refractivity contribution in [3.63, 3.8) is 0 Å². The molecule has 1 rings (SSSR count). The first kappa shape index (κ1) is 14.6. The molecule has 0 saturated heterocycles. The molecule has 94 valence electrons. The summed E-state index contributed by atoms with van der Waals surface area (Å²) in [5.41, 5.74) is 1.35. The van der Waals surface area contributed by atoms with E-state index < -0.39 is 0 Å². The third kappa shape index (κ3) is 6.16. The molecule has 1 aromatic carbocycles. The predicted molar refractivity (Wildman–Crippen MR) is 79.1 cm³/mol. The Hall–Kier alpha value is -0.440. The monoisotopic (exact) mass is 269 g/mol. The van der Waals surface area contributed by atoms with E-state index in [1.165, 1.54) is 10.5 Å². The van der Waals surface area contributed by atoms with E-state index >= 15 is 0 Å². The zero-order valence-corrected chi connectivity index (χ0v) is 12.2. The molecule has 1 nitrogen and oxygen atoms in total. The van der Waals surface area contributed by atoms with Crippen molar-refractivity contribution in [2.24, 2.45) is 0 Å². The molecule has 0 radical (unpaired) electrons. The molecular weight excluding hydrogens is 250 g/mol. The fraction of sp³-hybridized carbons (Fsp3) is 0.429. The standard InChI is InChI=1S/C14H20ClNS/c1-4-16-13(8-11(2)3)10-17-14-7-5-6-12(15)9-14/h5-9,13,16H,4,10H2,1-3H3. The van der Waals surface area contributed by atoms with Gasteiger partial charge in [0.25, 0.3) is 0 Å². The van der Waals surface area contributed by atoms with E-state index in [0.29, 0.717) is 6.04 Å². The van der Waals surface area contributed by atoms with Gasteiger partial charge in [-0.3, -0.25) is 0 Å². The summed E-state index contributed by atoms with van der Waals surface area (Å²) in [6.45, 7) is 7.39. The maximum Gasteiger partial charge on any atom is 0.0417 e. The Labute approximate surface area is 114 Å². The van der Waals surface area contributed by atoms with Gasteiger partial charge in [-0.1, -0.05) is 36.2 Å². The number of likely N-dealkylation sites (N-methyl/N-ethyl adjacent to an activating group) is 1. The molecule has 1 N–H and O–H groups in total. The fourth-order valence-corrected chi connectivity index (χ4v) is 2.80. The Morgan fingerprint density at radius 1 is 1.47 bits per heavy atom. The van der Waals surface area contributed by atoms with Crippen LogP contribution >= 0.6 is 23.4 Å². The van der Waals surface area contributed by atoms with Crippen molar-refractivity contribution >= 4 is 23.4 Å². The van der Waals surface area contributed by atoms with Crippen LogP contribution in [0.2, 0.25) is 5.02 Å². The van der Waals surface area contributed by atoms with Crippen LogP contribution < -0.4 is 5.32 Å². The van der Waals surface area contributed by atoms with Crippen molar-refractivity contribution in [3.05, 3.63) is 40.9 Å². The molecule has 1 unspecified atom stereocenters. The van der Waals surface area contributed by atoms with E-state index in [-0.39, 0.29) is 0 Å². The Kier molecular flexibility index (Phi) is 6.71. The lowest BCUT2D eigenvalue weighted by Gasteiger charge is -2.14. The number of hydrogen-bond acceptors (Lipinski definition) is 2. The molecule has 0 aromatic heterocycles. The first-order valence-electron chi connectivity index (χ1n) is 5.88. The number of nitrogens with one attached hydrogen (secondary N) is 1. The largest absolute Gasteiger partial charge is 0.310 e. The summed E-state index contributed by atoms with van der Waals surface area (Å²) in [5, 5.41) is 4.27. The summed E-state index contributed by atoms with van der Waals surface area (Å²) in [5.74, 6) is 1.03. The van der Waals surface area contributed by atoms with Crippen LogP contribution in [0.4, 0.5) is 0 Å². The van der Waals surface area contributed by atoms with Crippen LogP contribution in [0.25, 0.3) is 0 Å². The van der Waals surface area contributed by atoms with Gasteiger partial charge in [-0.05, 0) is 38.6 Å².